The standard InChI is InChI=1S/C17H25N3/c1-4-10-18-11-17-12-19-20(14(17)3)13-16-8-6-15(5-2)7-9-16/h6-9,12,18H,4-5,10-11,13H2,1-3H3. The Morgan fingerprint density at radius 1 is 1.10 bits per heavy atom. The lowest BCUT2D eigenvalue weighted by Gasteiger charge is -2.07. The first-order valence-electron chi connectivity index (χ1n) is 7.54. The van der Waals surface area contributed by atoms with Crippen LogP contribution in [0.25, 0.3) is 0 Å². The third kappa shape index (κ3) is 3.70. The fourth-order valence-corrected chi connectivity index (χ4v) is 2.27. The normalized spacial score (nSPS) is 10.9. The predicted molar refractivity (Wildman–Crippen MR) is 83.9 cm³/mol. The van der Waals surface area contributed by atoms with Gasteiger partial charge in [0.05, 0.1) is 12.7 Å². The summed E-state index contributed by atoms with van der Waals surface area (Å²) in [4.78, 5) is 0. The minimum Gasteiger partial charge on any atom is -0.313 e. The summed E-state index contributed by atoms with van der Waals surface area (Å²) >= 11 is 0. The second-order valence-corrected chi connectivity index (χ2v) is 5.26. The van der Waals surface area contributed by atoms with Gasteiger partial charge in [-0.1, -0.05) is 38.1 Å². The molecule has 20 heavy (non-hydrogen) atoms. The highest BCUT2D eigenvalue weighted by Crippen LogP contribution is 2.11. The fourth-order valence-electron chi connectivity index (χ4n) is 2.27. The first-order valence-corrected chi connectivity index (χ1v) is 7.54. The number of aryl methyl sites for hydroxylation is 1. The van der Waals surface area contributed by atoms with Crippen molar-refractivity contribution >= 4 is 0 Å². The maximum absolute atomic E-state index is 4.51. The Kier molecular flexibility index (Phi) is 5.36. The summed E-state index contributed by atoms with van der Waals surface area (Å²) < 4.78 is 2.09. The van der Waals surface area contributed by atoms with Crippen LogP contribution in [-0.2, 0) is 19.5 Å². The maximum atomic E-state index is 4.51. The Morgan fingerprint density at radius 3 is 2.45 bits per heavy atom. The van der Waals surface area contributed by atoms with E-state index in [0.717, 1.165) is 32.5 Å². The van der Waals surface area contributed by atoms with Gasteiger partial charge < -0.3 is 5.32 Å². The number of hydrogen-bond donors (Lipinski definition) is 1. The van der Waals surface area contributed by atoms with E-state index < -0.39 is 0 Å². The lowest BCUT2D eigenvalue weighted by Crippen LogP contribution is -2.14. The molecule has 0 aliphatic heterocycles. The summed E-state index contributed by atoms with van der Waals surface area (Å²) in [6.45, 7) is 9.34. The summed E-state index contributed by atoms with van der Waals surface area (Å²) in [5, 5.41) is 7.94. The molecular weight excluding hydrogens is 246 g/mol. The molecule has 2 aromatic rings. The molecule has 0 aliphatic rings. The summed E-state index contributed by atoms with van der Waals surface area (Å²) in [6, 6.07) is 8.82. The summed E-state index contributed by atoms with van der Waals surface area (Å²) in [5.41, 5.74) is 5.24. The van der Waals surface area contributed by atoms with Crippen molar-refractivity contribution in [2.24, 2.45) is 0 Å². The van der Waals surface area contributed by atoms with Crippen molar-refractivity contribution in [3.05, 3.63) is 52.8 Å². The van der Waals surface area contributed by atoms with Crippen molar-refractivity contribution in [2.45, 2.75) is 46.7 Å². The largest absolute Gasteiger partial charge is 0.313 e. The van der Waals surface area contributed by atoms with Gasteiger partial charge in [0, 0.05) is 17.8 Å². The van der Waals surface area contributed by atoms with Crippen LogP contribution in [0.5, 0.6) is 0 Å². The molecule has 2 rings (SSSR count). The lowest BCUT2D eigenvalue weighted by molar-refractivity contribution is 0.651. The molecule has 3 nitrogen and oxygen atoms in total. The summed E-state index contributed by atoms with van der Waals surface area (Å²) in [5.74, 6) is 0. The van der Waals surface area contributed by atoms with Gasteiger partial charge in [0.1, 0.15) is 0 Å². The van der Waals surface area contributed by atoms with Crippen molar-refractivity contribution in [2.75, 3.05) is 6.54 Å². The van der Waals surface area contributed by atoms with Crippen LogP contribution in [0.2, 0.25) is 0 Å². The zero-order valence-corrected chi connectivity index (χ0v) is 12.8. The van der Waals surface area contributed by atoms with Gasteiger partial charge >= 0.3 is 0 Å². The summed E-state index contributed by atoms with van der Waals surface area (Å²) in [7, 11) is 0. The Labute approximate surface area is 122 Å². The van der Waals surface area contributed by atoms with Gasteiger partial charge in [0.15, 0.2) is 0 Å². The van der Waals surface area contributed by atoms with Crippen LogP contribution in [0.15, 0.2) is 30.5 Å². The molecule has 108 valence electrons. The Hall–Kier alpha value is -1.61. The number of hydrogen-bond acceptors (Lipinski definition) is 2. The molecule has 1 N–H and O–H groups in total. The van der Waals surface area contributed by atoms with Crippen LogP contribution < -0.4 is 5.32 Å². The predicted octanol–water partition coefficient (Wildman–Crippen LogP) is 3.30. The van der Waals surface area contributed by atoms with E-state index in [1.54, 1.807) is 0 Å². The van der Waals surface area contributed by atoms with Crippen LogP contribution in [0, 0.1) is 6.92 Å². The molecule has 0 fully saturated rings. The molecule has 0 bridgehead atoms. The van der Waals surface area contributed by atoms with Gasteiger partial charge in [-0.05, 0) is 37.4 Å². The molecule has 0 radical (unpaired) electrons. The molecule has 0 aliphatic carbocycles. The van der Waals surface area contributed by atoms with E-state index in [1.165, 1.54) is 22.4 Å². The first-order chi connectivity index (χ1) is 9.74. The highest BCUT2D eigenvalue weighted by atomic mass is 15.3. The average Bonchev–Trinajstić information content (AvgIpc) is 2.81. The molecule has 1 heterocycles. The third-order valence-corrected chi connectivity index (χ3v) is 3.71. The van der Waals surface area contributed by atoms with Gasteiger partial charge in [-0.2, -0.15) is 5.10 Å². The Morgan fingerprint density at radius 2 is 1.80 bits per heavy atom. The quantitative estimate of drug-likeness (QED) is 0.783. The van der Waals surface area contributed by atoms with Crippen molar-refractivity contribution < 1.29 is 0 Å². The van der Waals surface area contributed by atoms with Crippen molar-refractivity contribution in [3.63, 3.8) is 0 Å². The van der Waals surface area contributed by atoms with Crippen LogP contribution in [0.3, 0.4) is 0 Å². The highest BCUT2D eigenvalue weighted by Gasteiger charge is 2.06. The molecule has 0 amide bonds. The van der Waals surface area contributed by atoms with Gasteiger partial charge in [-0.3, -0.25) is 4.68 Å². The van der Waals surface area contributed by atoms with E-state index in [9.17, 15) is 0 Å². The SMILES string of the molecule is CCCNCc1cnn(Cc2ccc(CC)cc2)c1C. The zero-order chi connectivity index (χ0) is 14.4. The lowest BCUT2D eigenvalue weighted by atomic mass is 10.1. The van der Waals surface area contributed by atoms with E-state index in [2.05, 4.69) is 60.1 Å². The van der Waals surface area contributed by atoms with Crippen LogP contribution in [0.4, 0.5) is 0 Å². The minimum atomic E-state index is 0.851. The van der Waals surface area contributed by atoms with E-state index in [0.29, 0.717) is 0 Å². The zero-order valence-electron chi connectivity index (χ0n) is 12.8. The van der Waals surface area contributed by atoms with E-state index >= 15 is 0 Å². The van der Waals surface area contributed by atoms with Crippen LogP contribution in [0.1, 0.15) is 42.7 Å². The molecule has 0 atom stereocenters. The van der Waals surface area contributed by atoms with Crippen molar-refractivity contribution in [3.8, 4) is 0 Å². The van der Waals surface area contributed by atoms with Crippen molar-refractivity contribution in [1.29, 1.82) is 0 Å². The minimum absolute atomic E-state index is 0.851. The monoisotopic (exact) mass is 271 g/mol. The Balaban J connectivity index is 2.01. The van der Waals surface area contributed by atoms with E-state index in [-0.39, 0.29) is 0 Å². The van der Waals surface area contributed by atoms with Gasteiger partial charge in [-0.25, -0.2) is 0 Å². The maximum Gasteiger partial charge on any atom is 0.0662 e. The first kappa shape index (κ1) is 14.8. The van der Waals surface area contributed by atoms with Crippen LogP contribution in [-0.4, -0.2) is 16.3 Å². The molecular formula is C17H25N3. The topological polar surface area (TPSA) is 29.9 Å². The Bertz CT molecular complexity index is 526. The fraction of sp³-hybridized carbons (Fsp3) is 0.471. The third-order valence-electron chi connectivity index (χ3n) is 3.71. The number of rotatable bonds is 7. The molecule has 1 aromatic carbocycles. The average molecular weight is 271 g/mol. The number of aromatic nitrogens is 2. The smallest absolute Gasteiger partial charge is 0.0662 e. The second-order valence-electron chi connectivity index (χ2n) is 5.26. The number of benzene rings is 1. The highest BCUT2D eigenvalue weighted by molar-refractivity contribution is 5.24. The molecule has 0 spiro atoms. The molecule has 0 saturated heterocycles. The van der Waals surface area contributed by atoms with Crippen LogP contribution >= 0.6 is 0 Å². The van der Waals surface area contributed by atoms with Crippen molar-refractivity contribution in [1.82, 2.24) is 15.1 Å². The van der Waals surface area contributed by atoms with E-state index in [1.807, 2.05) is 6.20 Å². The summed E-state index contributed by atoms with van der Waals surface area (Å²) in [6.07, 6.45) is 4.24. The second kappa shape index (κ2) is 7.25. The van der Waals surface area contributed by atoms with Gasteiger partial charge in [-0.15, -0.1) is 0 Å². The van der Waals surface area contributed by atoms with Gasteiger partial charge in [0.25, 0.3) is 0 Å². The molecule has 0 unspecified atom stereocenters. The number of nitrogens with zero attached hydrogens (tertiary/aromatic N) is 2. The van der Waals surface area contributed by atoms with Gasteiger partial charge in [0.2, 0.25) is 0 Å². The molecule has 3 heteroatoms. The van der Waals surface area contributed by atoms with E-state index in [4.69, 9.17) is 0 Å². The molecule has 0 saturated carbocycles. The number of nitrogens with one attached hydrogen (secondary N) is 1. The molecule has 1 aromatic heterocycles.